The maximum Gasteiger partial charge on any atom is 0.195 e. The summed E-state index contributed by atoms with van der Waals surface area (Å²) in [5.41, 5.74) is 2.61. The highest BCUT2D eigenvalue weighted by molar-refractivity contribution is 5.97. The summed E-state index contributed by atoms with van der Waals surface area (Å²) >= 11 is 0. The number of carbonyl (C=O) groups is 3. The van der Waals surface area contributed by atoms with Crippen LogP contribution in [0.3, 0.4) is 0 Å². The van der Waals surface area contributed by atoms with E-state index >= 15 is 0 Å². The first-order valence-electron chi connectivity index (χ1n) is 10.5. The first-order valence-corrected chi connectivity index (χ1v) is 10.5. The van der Waals surface area contributed by atoms with Gasteiger partial charge in [-0.2, -0.15) is 0 Å². The molecule has 3 aromatic rings. The van der Waals surface area contributed by atoms with Crippen molar-refractivity contribution in [3.8, 4) is 5.75 Å². The van der Waals surface area contributed by atoms with E-state index in [0.717, 1.165) is 17.2 Å². The molecule has 0 unspecified atom stereocenters. The fourth-order valence-electron chi connectivity index (χ4n) is 3.18. The molecule has 0 aromatic carbocycles. The van der Waals surface area contributed by atoms with Gasteiger partial charge in [0, 0.05) is 81.6 Å². The maximum absolute atomic E-state index is 11.0. The van der Waals surface area contributed by atoms with Crippen LogP contribution in [-0.2, 0) is 21.1 Å². The Morgan fingerprint density at radius 1 is 0.794 bits per heavy atom. The number of anilines is 3. The van der Waals surface area contributed by atoms with E-state index in [4.69, 9.17) is 0 Å². The zero-order valence-electron chi connectivity index (χ0n) is 21.3. The molecular formula is C23H35N7O4. The second-order valence-corrected chi connectivity index (χ2v) is 7.56. The molecule has 0 spiro atoms. The van der Waals surface area contributed by atoms with Gasteiger partial charge in [0.15, 0.2) is 28.9 Å². The molecule has 11 heteroatoms. The average molecular weight is 474 g/mol. The van der Waals surface area contributed by atoms with Gasteiger partial charge in [0.1, 0.15) is 11.5 Å². The summed E-state index contributed by atoms with van der Waals surface area (Å²) in [6.07, 6.45) is 5.33. The standard InChI is InChI=1S/C8H12N2O2.C8H12N2O.C7H11N3O/c1-5(11)7-8(12)6(9-2)4-10(7)3;1-6(11)8-4-7(9-2)5-10(8)3;1-5(11)7-9-6(8-2)4-10(7)3/h4,9,12H,1-3H3;4-5,9H,1-3H3;4,8H,1-3H3. The molecule has 34 heavy (non-hydrogen) atoms. The number of nitrogens with one attached hydrogen (secondary N) is 3. The molecule has 0 saturated heterocycles. The summed E-state index contributed by atoms with van der Waals surface area (Å²) in [6, 6.07) is 1.84. The van der Waals surface area contributed by atoms with Crippen LogP contribution < -0.4 is 16.0 Å². The number of nitrogens with zero attached hydrogens (tertiary/aromatic N) is 4. The van der Waals surface area contributed by atoms with Gasteiger partial charge in [-0.15, -0.1) is 0 Å². The Morgan fingerprint density at radius 3 is 1.68 bits per heavy atom. The maximum atomic E-state index is 11.0. The highest BCUT2D eigenvalue weighted by Gasteiger charge is 2.15. The van der Waals surface area contributed by atoms with E-state index < -0.39 is 0 Å². The van der Waals surface area contributed by atoms with Crippen molar-refractivity contribution in [1.29, 1.82) is 0 Å². The van der Waals surface area contributed by atoms with Crippen LogP contribution >= 0.6 is 0 Å². The summed E-state index contributed by atoms with van der Waals surface area (Å²) in [5.74, 6) is 1.15. The summed E-state index contributed by atoms with van der Waals surface area (Å²) in [7, 11) is 10.7. The van der Waals surface area contributed by atoms with Crippen LogP contribution in [0.2, 0.25) is 0 Å². The molecule has 186 valence electrons. The quantitative estimate of drug-likeness (QED) is 0.401. The van der Waals surface area contributed by atoms with Gasteiger partial charge in [-0.1, -0.05) is 0 Å². The van der Waals surface area contributed by atoms with Crippen LogP contribution in [-0.4, -0.2) is 62.3 Å². The van der Waals surface area contributed by atoms with E-state index in [-0.39, 0.29) is 23.1 Å². The molecule has 3 aromatic heterocycles. The van der Waals surface area contributed by atoms with Crippen molar-refractivity contribution >= 4 is 34.5 Å². The lowest BCUT2D eigenvalue weighted by atomic mass is 10.3. The Hall–Kier alpha value is -4.02. The minimum Gasteiger partial charge on any atom is -0.504 e. The van der Waals surface area contributed by atoms with Crippen LogP contribution in [0.25, 0.3) is 0 Å². The van der Waals surface area contributed by atoms with E-state index in [1.165, 1.54) is 13.8 Å². The third-order valence-electron chi connectivity index (χ3n) is 4.86. The largest absolute Gasteiger partial charge is 0.504 e. The van der Waals surface area contributed by atoms with Crippen LogP contribution in [0.4, 0.5) is 17.2 Å². The third-order valence-corrected chi connectivity index (χ3v) is 4.86. The zero-order valence-corrected chi connectivity index (χ0v) is 21.3. The van der Waals surface area contributed by atoms with Crippen molar-refractivity contribution in [2.24, 2.45) is 21.1 Å². The van der Waals surface area contributed by atoms with Crippen molar-refractivity contribution in [2.45, 2.75) is 20.8 Å². The molecular weight excluding hydrogens is 438 g/mol. The normalized spacial score (nSPS) is 9.79. The summed E-state index contributed by atoms with van der Waals surface area (Å²) < 4.78 is 5.12. The summed E-state index contributed by atoms with van der Waals surface area (Å²) in [5, 5.41) is 18.1. The van der Waals surface area contributed by atoms with E-state index in [1.54, 1.807) is 56.6 Å². The number of hydrogen-bond donors (Lipinski definition) is 4. The molecule has 0 saturated carbocycles. The molecule has 0 atom stereocenters. The topological polar surface area (TPSA) is 135 Å². The van der Waals surface area contributed by atoms with Gasteiger partial charge in [0.25, 0.3) is 0 Å². The fourth-order valence-corrected chi connectivity index (χ4v) is 3.18. The highest BCUT2D eigenvalue weighted by Crippen LogP contribution is 2.28. The van der Waals surface area contributed by atoms with Gasteiger partial charge in [0.2, 0.25) is 0 Å². The van der Waals surface area contributed by atoms with Crippen molar-refractivity contribution in [3.63, 3.8) is 0 Å². The molecule has 3 heterocycles. The third kappa shape index (κ3) is 6.99. The zero-order chi connectivity index (χ0) is 26.2. The number of aromatic nitrogens is 4. The lowest BCUT2D eigenvalue weighted by Crippen LogP contribution is -2.02. The molecule has 0 aliphatic heterocycles. The van der Waals surface area contributed by atoms with Crippen LogP contribution in [0.5, 0.6) is 5.75 Å². The number of hydrogen-bond acceptors (Lipinski definition) is 8. The smallest absolute Gasteiger partial charge is 0.195 e. The number of ketones is 3. The number of Topliss-reactive ketones (excluding diaryl/α,β-unsaturated/α-hetero) is 3. The Labute approximate surface area is 199 Å². The fraction of sp³-hybridized carbons (Fsp3) is 0.391. The Morgan fingerprint density at radius 2 is 1.41 bits per heavy atom. The number of aromatic hydroxyl groups is 1. The van der Waals surface area contributed by atoms with Crippen molar-refractivity contribution in [2.75, 3.05) is 37.1 Å². The van der Waals surface area contributed by atoms with E-state index in [9.17, 15) is 19.5 Å². The van der Waals surface area contributed by atoms with E-state index in [1.807, 2.05) is 30.9 Å². The molecule has 0 radical (unpaired) electrons. The van der Waals surface area contributed by atoms with Gasteiger partial charge >= 0.3 is 0 Å². The predicted molar refractivity (Wildman–Crippen MR) is 134 cm³/mol. The minimum atomic E-state index is -0.142. The molecule has 0 amide bonds. The van der Waals surface area contributed by atoms with Gasteiger partial charge < -0.3 is 34.8 Å². The monoisotopic (exact) mass is 473 g/mol. The first kappa shape index (κ1) is 28.0. The lowest BCUT2D eigenvalue weighted by molar-refractivity contribution is 0.0993. The Balaban J connectivity index is 0.000000255. The first-order chi connectivity index (χ1) is 15.9. The van der Waals surface area contributed by atoms with E-state index in [2.05, 4.69) is 20.9 Å². The van der Waals surface area contributed by atoms with Gasteiger partial charge in [0.05, 0.1) is 17.1 Å². The number of carbonyl (C=O) groups excluding carboxylic acids is 3. The molecule has 0 bridgehead atoms. The van der Waals surface area contributed by atoms with Crippen LogP contribution in [0.15, 0.2) is 24.7 Å². The molecule has 4 N–H and O–H groups in total. The Bertz CT molecular complexity index is 1100. The molecule has 11 nitrogen and oxygen atoms in total. The number of imidazole rings is 1. The SMILES string of the molecule is CNc1cc(C(C)=O)n(C)c1.CNc1cn(C)c(C(C)=O)c1O.CNc1cn(C)c(C(C)=O)n1. The molecule has 0 aliphatic rings. The van der Waals surface area contributed by atoms with Crippen LogP contribution in [0, 0.1) is 0 Å². The van der Waals surface area contributed by atoms with Crippen molar-refractivity contribution in [1.82, 2.24) is 18.7 Å². The highest BCUT2D eigenvalue weighted by atomic mass is 16.3. The van der Waals surface area contributed by atoms with Gasteiger partial charge in [-0.25, -0.2) is 4.98 Å². The van der Waals surface area contributed by atoms with Crippen molar-refractivity contribution < 1.29 is 19.5 Å². The lowest BCUT2D eigenvalue weighted by Gasteiger charge is -1.97. The molecule has 0 fully saturated rings. The minimum absolute atomic E-state index is 0.0194. The number of rotatable bonds is 6. The number of aryl methyl sites for hydroxylation is 3. The summed E-state index contributed by atoms with van der Waals surface area (Å²) in [4.78, 5) is 36.9. The second kappa shape index (κ2) is 12.3. The van der Waals surface area contributed by atoms with Crippen LogP contribution in [0.1, 0.15) is 52.4 Å². The Kier molecular flexibility index (Phi) is 10.1. The van der Waals surface area contributed by atoms with Gasteiger partial charge in [-0.05, 0) is 6.07 Å². The average Bonchev–Trinajstić information content (AvgIpc) is 3.42. The van der Waals surface area contributed by atoms with E-state index in [0.29, 0.717) is 17.2 Å². The molecule has 0 aliphatic carbocycles. The van der Waals surface area contributed by atoms with Crippen molar-refractivity contribution in [3.05, 3.63) is 41.9 Å². The molecule has 3 rings (SSSR count). The second-order valence-electron chi connectivity index (χ2n) is 7.56. The predicted octanol–water partition coefficient (Wildman–Crippen LogP) is 2.91. The summed E-state index contributed by atoms with van der Waals surface area (Å²) in [6.45, 7) is 4.49. The van der Waals surface area contributed by atoms with Gasteiger partial charge in [-0.3, -0.25) is 14.4 Å².